The largest absolute Gasteiger partial charge is 0.367 e. The predicted molar refractivity (Wildman–Crippen MR) is 315 cm³/mol. The van der Waals surface area contributed by atoms with Crippen molar-refractivity contribution >= 4 is 126 Å². The third kappa shape index (κ3) is 6.34. The van der Waals surface area contributed by atoms with Crippen LogP contribution in [0.2, 0.25) is 0 Å². The Balaban J connectivity index is 1.13. The minimum atomic E-state index is -0.0932. The standard InChI is InChI=1S/C66H54BN3S2/c1-39-35-40(2)61(51(36-39)41-17-10-9-11-18-41)69-54-37-46(68(44-29-25-42(26-30-44)65(3,4)5)45-31-27-43(28-32-45)66(6,7)8)33-34-53(54)67-60-55(69)38-52-47-19-12-14-23-56(47)71-63(52)59(60)50-22-16-21-49-58-48-20-13-15-24-57(48)72-64(58)70(67)62(49)50/h9-38H,1-8H3. The molecule has 14 rings (SSSR count). The van der Waals surface area contributed by atoms with Gasteiger partial charge >= 0.3 is 6.85 Å². The van der Waals surface area contributed by atoms with E-state index in [-0.39, 0.29) is 17.7 Å². The third-order valence-corrected chi connectivity index (χ3v) is 18.0. The third-order valence-electron chi connectivity index (χ3n) is 15.6. The van der Waals surface area contributed by atoms with E-state index in [4.69, 9.17) is 0 Å². The van der Waals surface area contributed by atoms with Crippen LogP contribution >= 0.6 is 22.7 Å². The Morgan fingerprint density at radius 1 is 0.500 bits per heavy atom. The molecule has 0 amide bonds. The number of aryl methyl sites for hydroxylation is 2. The molecule has 0 aliphatic carbocycles. The van der Waals surface area contributed by atoms with Gasteiger partial charge in [-0.25, -0.2) is 0 Å². The Hall–Kier alpha value is -7.38. The van der Waals surface area contributed by atoms with Crippen LogP contribution in [0.4, 0.5) is 34.1 Å². The van der Waals surface area contributed by atoms with E-state index in [9.17, 15) is 0 Å². The van der Waals surface area contributed by atoms with Crippen molar-refractivity contribution in [3.63, 3.8) is 0 Å². The zero-order chi connectivity index (χ0) is 48.9. The minimum absolute atomic E-state index is 0.0279. The van der Waals surface area contributed by atoms with Gasteiger partial charge in [-0.3, -0.25) is 0 Å². The topological polar surface area (TPSA) is 11.4 Å². The molecule has 2 aliphatic rings. The second-order valence-corrected chi connectivity index (χ2v) is 24.3. The van der Waals surface area contributed by atoms with Crippen molar-refractivity contribution < 1.29 is 0 Å². The molecule has 9 aromatic carbocycles. The summed E-state index contributed by atoms with van der Waals surface area (Å²) >= 11 is 3.89. The Bertz CT molecular complexity index is 4140. The van der Waals surface area contributed by atoms with Crippen LogP contribution in [0.1, 0.15) is 63.8 Å². The van der Waals surface area contributed by atoms with Gasteiger partial charge in [0.1, 0.15) is 0 Å². The molecule has 0 N–H and O–H groups in total. The SMILES string of the molecule is Cc1cc(C)c(N2c3cc(N(c4ccc(C(C)(C)C)cc4)c4ccc(C(C)(C)C)cc4)ccc3B3c4c2cc2c(sc5ccccc52)c4-c2cccc4c5c6ccccc6sc5n3c24)c(-c2ccccc2)c1. The quantitative estimate of drug-likeness (QED) is 0.159. The number of hydrogen-bond donors (Lipinski definition) is 0. The Kier molecular flexibility index (Phi) is 9.38. The number of anilines is 6. The van der Waals surface area contributed by atoms with Crippen LogP contribution in [0.5, 0.6) is 0 Å². The van der Waals surface area contributed by atoms with E-state index in [0.29, 0.717) is 0 Å². The lowest BCUT2D eigenvalue weighted by molar-refractivity contribution is 0.590. The molecule has 0 saturated carbocycles. The van der Waals surface area contributed by atoms with E-state index in [0.717, 1.165) is 17.1 Å². The van der Waals surface area contributed by atoms with Crippen molar-refractivity contribution in [2.24, 2.45) is 0 Å². The number of hydrogen-bond acceptors (Lipinski definition) is 4. The molecule has 348 valence electrons. The first-order chi connectivity index (χ1) is 34.8. The zero-order valence-electron chi connectivity index (χ0n) is 42.1. The maximum atomic E-state index is 2.75. The summed E-state index contributed by atoms with van der Waals surface area (Å²) in [7, 11) is 0. The maximum absolute atomic E-state index is 2.75. The fraction of sp³-hybridized carbons (Fsp3) is 0.152. The summed E-state index contributed by atoms with van der Waals surface area (Å²) < 4.78 is 6.75. The van der Waals surface area contributed by atoms with E-state index in [2.05, 4.69) is 252 Å². The Morgan fingerprint density at radius 2 is 1.11 bits per heavy atom. The van der Waals surface area contributed by atoms with E-state index in [1.54, 1.807) is 0 Å². The van der Waals surface area contributed by atoms with Crippen LogP contribution in [0.15, 0.2) is 182 Å². The van der Waals surface area contributed by atoms with Crippen LogP contribution in [0.25, 0.3) is 73.6 Å². The summed E-state index contributed by atoms with van der Waals surface area (Å²) in [4.78, 5) is 6.48. The fourth-order valence-electron chi connectivity index (χ4n) is 12.3. The van der Waals surface area contributed by atoms with Gasteiger partial charge in [-0.1, -0.05) is 168 Å². The van der Waals surface area contributed by atoms with E-state index >= 15 is 0 Å². The van der Waals surface area contributed by atoms with Gasteiger partial charge in [-0.15, -0.1) is 22.7 Å². The molecule has 0 bridgehead atoms. The average Bonchev–Trinajstić information content (AvgIpc) is 4.06. The van der Waals surface area contributed by atoms with Crippen LogP contribution in [-0.2, 0) is 10.8 Å². The molecule has 0 spiro atoms. The Morgan fingerprint density at radius 3 is 1.79 bits per heavy atom. The molecule has 3 nitrogen and oxygen atoms in total. The molecule has 0 unspecified atom stereocenters. The number of fused-ring (bicyclic) bond motifs is 13. The first-order valence-electron chi connectivity index (χ1n) is 25.4. The number of thiophene rings is 2. The summed E-state index contributed by atoms with van der Waals surface area (Å²) in [5, 5.41) is 6.63. The monoisotopic (exact) mass is 963 g/mol. The molecule has 72 heavy (non-hydrogen) atoms. The normalized spacial score (nSPS) is 13.2. The van der Waals surface area contributed by atoms with Gasteiger partial charge in [0.25, 0.3) is 0 Å². The fourth-order valence-corrected chi connectivity index (χ4v) is 14.8. The highest BCUT2D eigenvalue weighted by Crippen LogP contribution is 2.54. The molecule has 5 heterocycles. The minimum Gasteiger partial charge on any atom is -0.367 e. The van der Waals surface area contributed by atoms with Crippen molar-refractivity contribution in [1.82, 2.24) is 4.48 Å². The molecule has 6 heteroatoms. The molecule has 0 radical (unpaired) electrons. The summed E-state index contributed by atoms with van der Waals surface area (Å²) in [6.07, 6.45) is 0. The first kappa shape index (κ1) is 43.4. The van der Waals surface area contributed by atoms with Crippen molar-refractivity contribution in [1.29, 1.82) is 0 Å². The summed E-state index contributed by atoms with van der Waals surface area (Å²) in [6.45, 7) is 18.2. The molecule has 3 aromatic heterocycles. The van der Waals surface area contributed by atoms with Crippen LogP contribution < -0.4 is 20.7 Å². The average molecular weight is 964 g/mol. The predicted octanol–water partition coefficient (Wildman–Crippen LogP) is 18.1. The zero-order valence-corrected chi connectivity index (χ0v) is 43.7. The highest BCUT2D eigenvalue weighted by molar-refractivity contribution is 7.27. The van der Waals surface area contributed by atoms with E-state index in [1.807, 2.05) is 22.7 Å². The van der Waals surface area contributed by atoms with Gasteiger partial charge < -0.3 is 14.3 Å². The first-order valence-corrected chi connectivity index (χ1v) is 27.0. The summed E-state index contributed by atoms with van der Waals surface area (Å²) in [6, 6.07) is 69.5. The molecular formula is C66H54BN3S2. The van der Waals surface area contributed by atoms with Gasteiger partial charge in [0.15, 0.2) is 0 Å². The second kappa shape index (κ2) is 15.6. The summed E-state index contributed by atoms with van der Waals surface area (Å²) in [5.41, 5.74) is 21.3. The van der Waals surface area contributed by atoms with Gasteiger partial charge in [-0.05, 0) is 119 Å². The molecule has 12 aromatic rings. The van der Waals surface area contributed by atoms with E-state index < -0.39 is 0 Å². The van der Waals surface area contributed by atoms with Crippen LogP contribution in [0.3, 0.4) is 0 Å². The molecular weight excluding hydrogens is 910 g/mol. The lowest BCUT2D eigenvalue weighted by Gasteiger charge is -2.42. The van der Waals surface area contributed by atoms with Crippen molar-refractivity contribution in [2.75, 3.05) is 9.80 Å². The highest BCUT2D eigenvalue weighted by atomic mass is 32.1. The number of para-hydroxylation sites is 1. The maximum Gasteiger partial charge on any atom is 0.333 e. The van der Waals surface area contributed by atoms with Crippen molar-refractivity contribution in [3.05, 3.63) is 204 Å². The number of aromatic nitrogens is 1. The van der Waals surface area contributed by atoms with Crippen molar-refractivity contribution in [3.8, 4) is 22.3 Å². The van der Waals surface area contributed by atoms with Crippen molar-refractivity contribution in [2.45, 2.75) is 66.2 Å². The number of nitrogens with zero attached hydrogens (tertiary/aromatic N) is 3. The van der Waals surface area contributed by atoms with Gasteiger partial charge in [0, 0.05) is 91.7 Å². The lowest BCUT2D eigenvalue weighted by Crippen LogP contribution is -2.56. The Labute approximate surface area is 430 Å². The van der Waals surface area contributed by atoms with Gasteiger partial charge in [0.2, 0.25) is 0 Å². The smallest absolute Gasteiger partial charge is 0.333 e. The van der Waals surface area contributed by atoms with Gasteiger partial charge in [-0.2, -0.15) is 0 Å². The highest BCUT2D eigenvalue weighted by Gasteiger charge is 2.45. The number of rotatable bonds is 5. The molecule has 0 saturated heterocycles. The molecule has 0 fully saturated rings. The van der Waals surface area contributed by atoms with Crippen LogP contribution in [-0.4, -0.2) is 11.3 Å². The van der Waals surface area contributed by atoms with Crippen LogP contribution in [0, 0.1) is 13.8 Å². The summed E-state index contributed by atoms with van der Waals surface area (Å²) in [5.74, 6) is 0. The molecule has 2 aliphatic heterocycles. The molecule has 0 atom stereocenters. The van der Waals surface area contributed by atoms with E-state index in [1.165, 1.54) is 124 Å². The second-order valence-electron chi connectivity index (χ2n) is 22.3. The van der Waals surface area contributed by atoms with Gasteiger partial charge in [0.05, 0.1) is 10.5 Å². The number of benzene rings is 9. The lowest BCUT2D eigenvalue weighted by atomic mass is 9.45.